The van der Waals surface area contributed by atoms with Gasteiger partial charge >= 0.3 is 0 Å². The van der Waals surface area contributed by atoms with E-state index in [0.717, 1.165) is 40.0 Å². The summed E-state index contributed by atoms with van der Waals surface area (Å²) in [6, 6.07) is 6.87. The lowest BCUT2D eigenvalue weighted by molar-refractivity contribution is 0.0932. The number of hydrogen-bond donors (Lipinski definition) is 2. The Hall–Kier alpha value is -2.25. The van der Waals surface area contributed by atoms with Crippen molar-refractivity contribution in [3.8, 4) is 10.6 Å². The van der Waals surface area contributed by atoms with Crippen LogP contribution in [0.2, 0.25) is 0 Å². The van der Waals surface area contributed by atoms with Crippen LogP contribution in [0.4, 0.5) is 0 Å². The lowest BCUT2D eigenvalue weighted by Crippen LogP contribution is -2.40. The molecule has 3 aromatic rings. The number of thiazole rings is 1. The number of aromatic nitrogens is 3. The van der Waals surface area contributed by atoms with Gasteiger partial charge in [0.15, 0.2) is 5.69 Å². The summed E-state index contributed by atoms with van der Waals surface area (Å²) in [6.07, 6.45) is 4.68. The van der Waals surface area contributed by atoms with E-state index in [9.17, 15) is 4.79 Å². The van der Waals surface area contributed by atoms with Crippen molar-refractivity contribution in [2.75, 3.05) is 13.6 Å². The lowest BCUT2D eigenvalue weighted by Gasteiger charge is -2.34. The second-order valence-corrected chi connectivity index (χ2v) is 9.08. The van der Waals surface area contributed by atoms with E-state index < -0.39 is 0 Å². The van der Waals surface area contributed by atoms with Crippen LogP contribution >= 0.6 is 11.3 Å². The predicted octanol–water partition coefficient (Wildman–Crippen LogP) is 3.60. The van der Waals surface area contributed by atoms with Crippen LogP contribution in [0.1, 0.15) is 41.9 Å². The Morgan fingerprint density at radius 3 is 3.04 bits per heavy atom. The fraction of sp³-hybridized carbons (Fsp3) is 0.476. The van der Waals surface area contributed by atoms with Crippen molar-refractivity contribution in [2.24, 2.45) is 5.92 Å². The molecule has 5 rings (SSSR count). The summed E-state index contributed by atoms with van der Waals surface area (Å²) in [4.78, 5) is 19.9. The van der Waals surface area contributed by atoms with Crippen molar-refractivity contribution < 1.29 is 4.79 Å². The SMILES string of the molecule is Cc1csc(-c2ccc3c(C(=O)N[C@@H]4CC5CCCN(C)C5C4)n[nH]c3c2)n1. The van der Waals surface area contributed by atoms with Gasteiger partial charge in [0.25, 0.3) is 5.91 Å². The zero-order chi connectivity index (χ0) is 19.3. The van der Waals surface area contributed by atoms with Crippen LogP contribution in [-0.2, 0) is 0 Å². The molecule has 1 saturated heterocycles. The number of aryl methyl sites for hydroxylation is 1. The van der Waals surface area contributed by atoms with Crippen molar-refractivity contribution in [3.63, 3.8) is 0 Å². The number of benzene rings is 1. The molecular formula is C21H25N5OS. The Balaban J connectivity index is 1.34. The zero-order valence-electron chi connectivity index (χ0n) is 16.2. The van der Waals surface area contributed by atoms with E-state index in [1.54, 1.807) is 11.3 Å². The number of aromatic amines is 1. The molecule has 7 heteroatoms. The molecule has 3 heterocycles. The Morgan fingerprint density at radius 2 is 2.25 bits per heavy atom. The number of amides is 1. The smallest absolute Gasteiger partial charge is 0.272 e. The number of likely N-dealkylation sites (tertiary alicyclic amines) is 1. The Morgan fingerprint density at radius 1 is 1.36 bits per heavy atom. The van der Waals surface area contributed by atoms with Crippen molar-refractivity contribution in [1.82, 2.24) is 25.4 Å². The number of carbonyl (C=O) groups excluding carboxylic acids is 1. The molecule has 6 nitrogen and oxygen atoms in total. The molecule has 1 saturated carbocycles. The maximum Gasteiger partial charge on any atom is 0.272 e. The normalized spacial score (nSPS) is 25.1. The molecule has 1 aliphatic carbocycles. The number of hydrogen-bond acceptors (Lipinski definition) is 5. The number of nitrogens with zero attached hydrogens (tertiary/aromatic N) is 3. The summed E-state index contributed by atoms with van der Waals surface area (Å²) in [5, 5.41) is 14.5. The van der Waals surface area contributed by atoms with E-state index in [2.05, 4.69) is 32.4 Å². The molecule has 146 valence electrons. The number of nitrogens with one attached hydrogen (secondary N) is 2. The minimum Gasteiger partial charge on any atom is -0.348 e. The van der Waals surface area contributed by atoms with Gasteiger partial charge in [0, 0.05) is 34.1 Å². The molecule has 2 unspecified atom stereocenters. The van der Waals surface area contributed by atoms with Crippen molar-refractivity contribution in [1.29, 1.82) is 0 Å². The minimum absolute atomic E-state index is 0.0737. The van der Waals surface area contributed by atoms with Crippen LogP contribution in [0, 0.1) is 12.8 Å². The summed E-state index contributed by atoms with van der Waals surface area (Å²) in [6.45, 7) is 3.17. The van der Waals surface area contributed by atoms with Gasteiger partial charge in [0.1, 0.15) is 5.01 Å². The van der Waals surface area contributed by atoms with E-state index in [1.165, 1.54) is 19.4 Å². The molecule has 0 spiro atoms. The maximum atomic E-state index is 12.9. The number of piperidine rings is 1. The van der Waals surface area contributed by atoms with Gasteiger partial charge in [0.05, 0.1) is 5.52 Å². The zero-order valence-corrected chi connectivity index (χ0v) is 17.1. The highest BCUT2D eigenvalue weighted by molar-refractivity contribution is 7.13. The van der Waals surface area contributed by atoms with Crippen LogP contribution in [0.25, 0.3) is 21.5 Å². The molecule has 2 aromatic heterocycles. The third kappa shape index (κ3) is 3.12. The average Bonchev–Trinajstić information content (AvgIpc) is 3.39. The van der Waals surface area contributed by atoms with Gasteiger partial charge in [-0.1, -0.05) is 6.07 Å². The van der Waals surface area contributed by atoms with Crippen LogP contribution in [-0.4, -0.2) is 51.7 Å². The van der Waals surface area contributed by atoms with Crippen molar-refractivity contribution in [2.45, 2.75) is 44.7 Å². The number of H-pyrrole nitrogens is 1. The van der Waals surface area contributed by atoms with Crippen LogP contribution in [0.3, 0.4) is 0 Å². The maximum absolute atomic E-state index is 12.9. The number of rotatable bonds is 3. The topological polar surface area (TPSA) is 73.9 Å². The van der Waals surface area contributed by atoms with Gasteiger partial charge in [-0.15, -0.1) is 11.3 Å². The molecule has 3 atom stereocenters. The molecule has 0 radical (unpaired) electrons. The minimum atomic E-state index is -0.0737. The summed E-state index contributed by atoms with van der Waals surface area (Å²) < 4.78 is 0. The summed E-state index contributed by atoms with van der Waals surface area (Å²) in [5.74, 6) is 0.639. The first-order chi connectivity index (χ1) is 13.6. The largest absolute Gasteiger partial charge is 0.348 e. The third-order valence-electron chi connectivity index (χ3n) is 6.29. The van der Waals surface area contributed by atoms with Crippen LogP contribution in [0.15, 0.2) is 23.6 Å². The average molecular weight is 396 g/mol. The molecule has 2 fully saturated rings. The molecule has 1 aromatic carbocycles. The van der Waals surface area contributed by atoms with Crippen LogP contribution in [0.5, 0.6) is 0 Å². The van der Waals surface area contributed by atoms with E-state index in [0.29, 0.717) is 17.7 Å². The fourth-order valence-corrected chi connectivity index (χ4v) is 5.70. The van der Waals surface area contributed by atoms with E-state index in [1.807, 2.05) is 30.5 Å². The Labute approximate surface area is 168 Å². The van der Waals surface area contributed by atoms with E-state index in [4.69, 9.17) is 0 Å². The highest BCUT2D eigenvalue weighted by atomic mass is 32.1. The summed E-state index contributed by atoms with van der Waals surface area (Å²) >= 11 is 1.63. The molecule has 28 heavy (non-hydrogen) atoms. The monoisotopic (exact) mass is 395 g/mol. The van der Waals surface area contributed by atoms with Gasteiger partial charge in [0.2, 0.25) is 0 Å². The standard InChI is InChI=1S/C21H25N5OS/c1-12-11-28-21(22-12)14-5-6-16-17(9-14)24-25-19(16)20(27)23-15-8-13-4-3-7-26(2)18(13)10-15/h5-6,9,11,13,15,18H,3-4,7-8,10H2,1-2H3,(H,23,27)(H,24,25)/t13?,15-,18?/m1/s1. The third-order valence-corrected chi connectivity index (χ3v) is 7.30. The Kier molecular flexibility index (Phi) is 4.44. The predicted molar refractivity (Wildman–Crippen MR) is 112 cm³/mol. The highest BCUT2D eigenvalue weighted by Gasteiger charge is 2.39. The highest BCUT2D eigenvalue weighted by Crippen LogP contribution is 2.36. The number of carbonyl (C=O) groups is 1. The number of fused-ring (bicyclic) bond motifs is 2. The quantitative estimate of drug-likeness (QED) is 0.711. The van der Waals surface area contributed by atoms with Gasteiger partial charge in [-0.05, 0) is 64.3 Å². The molecule has 2 aliphatic rings. The van der Waals surface area contributed by atoms with Crippen molar-refractivity contribution in [3.05, 3.63) is 35.0 Å². The Bertz CT molecular complexity index is 1020. The van der Waals surface area contributed by atoms with Gasteiger partial charge in [-0.25, -0.2) is 4.98 Å². The molecule has 2 N–H and O–H groups in total. The second kappa shape index (κ2) is 6.97. The first-order valence-corrected chi connectivity index (χ1v) is 10.9. The second-order valence-electron chi connectivity index (χ2n) is 8.22. The first kappa shape index (κ1) is 17.8. The summed E-state index contributed by atoms with van der Waals surface area (Å²) in [7, 11) is 2.21. The molecule has 0 bridgehead atoms. The first-order valence-electron chi connectivity index (χ1n) is 10.00. The van der Waals surface area contributed by atoms with E-state index >= 15 is 0 Å². The summed E-state index contributed by atoms with van der Waals surface area (Å²) in [5.41, 5.74) is 3.42. The van der Waals surface area contributed by atoms with Crippen molar-refractivity contribution >= 4 is 28.1 Å². The van der Waals surface area contributed by atoms with Gasteiger partial charge in [-0.3, -0.25) is 9.89 Å². The van der Waals surface area contributed by atoms with Gasteiger partial charge in [-0.2, -0.15) is 5.10 Å². The van der Waals surface area contributed by atoms with E-state index in [-0.39, 0.29) is 11.9 Å². The lowest BCUT2D eigenvalue weighted by atomic mass is 9.92. The molecular weight excluding hydrogens is 370 g/mol. The van der Waals surface area contributed by atoms with Gasteiger partial charge < -0.3 is 10.2 Å². The molecule has 1 aliphatic heterocycles. The fourth-order valence-electron chi connectivity index (χ4n) is 4.91. The van der Waals surface area contributed by atoms with Crippen LogP contribution < -0.4 is 5.32 Å². The molecule has 1 amide bonds.